The summed E-state index contributed by atoms with van der Waals surface area (Å²) < 4.78 is 114. The molecule has 0 fully saturated rings. The monoisotopic (exact) mass is 482 g/mol. The molecule has 0 bridgehead atoms. The van der Waals surface area contributed by atoms with Crippen molar-refractivity contribution in [1.29, 1.82) is 0 Å². The fraction of sp³-hybridized carbons (Fsp3) is 0.500. The highest BCUT2D eigenvalue weighted by atomic mass is 19.3. The molecule has 0 atom stereocenters. The van der Waals surface area contributed by atoms with Crippen LogP contribution in [0.5, 0.6) is 0 Å². The molecule has 0 N–H and O–H groups in total. The summed E-state index contributed by atoms with van der Waals surface area (Å²) in [7, 11) is 0. The number of hydrogen-bond acceptors (Lipinski definition) is 1. The molecule has 0 heterocycles. The Morgan fingerprint density at radius 2 is 0.909 bits per heavy atom. The van der Waals surface area contributed by atoms with Crippen LogP contribution in [0.25, 0.3) is 0 Å². The minimum absolute atomic E-state index is 0.0480. The molecule has 33 heavy (non-hydrogen) atoms. The van der Waals surface area contributed by atoms with Gasteiger partial charge in [0.15, 0.2) is 0 Å². The third-order valence-corrected chi connectivity index (χ3v) is 6.11. The molecule has 0 aliphatic rings. The quantitative estimate of drug-likeness (QED) is 0.315. The van der Waals surface area contributed by atoms with Gasteiger partial charge < -0.3 is 4.74 Å². The zero-order valence-electron chi connectivity index (χ0n) is 18.6. The van der Waals surface area contributed by atoms with Crippen LogP contribution in [-0.4, -0.2) is 24.7 Å². The van der Waals surface area contributed by atoms with Crippen molar-refractivity contribution in [2.24, 2.45) is 0 Å². The lowest BCUT2D eigenvalue weighted by Crippen LogP contribution is -2.46. The van der Waals surface area contributed by atoms with Crippen LogP contribution in [-0.2, 0) is 28.8 Å². The van der Waals surface area contributed by atoms with E-state index in [1.807, 2.05) is 0 Å². The summed E-state index contributed by atoms with van der Waals surface area (Å²) in [5.41, 5.74) is -4.10. The molecule has 0 spiro atoms. The summed E-state index contributed by atoms with van der Waals surface area (Å²) in [6.07, 6.45) is -7.76. The molecule has 0 amide bonds. The normalized spacial score (nSPS) is 13.8. The minimum Gasteiger partial charge on any atom is -0.372 e. The van der Waals surface area contributed by atoms with E-state index in [2.05, 4.69) is 0 Å². The first-order chi connectivity index (χ1) is 15.1. The summed E-state index contributed by atoms with van der Waals surface area (Å²) in [6, 6.07) is 11.4. The third kappa shape index (κ3) is 5.03. The van der Waals surface area contributed by atoms with Crippen LogP contribution >= 0.6 is 0 Å². The van der Waals surface area contributed by atoms with E-state index in [0.717, 1.165) is 27.7 Å². The number of alkyl halides is 8. The summed E-state index contributed by atoms with van der Waals surface area (Å²) in [4.78, 5) is 0. The van der Waals surface area contributed by atoms with Crippen molar-refractivity contribution in [1.82, 2.24) is 0 Å². The average molecular weight is 482 g/mol. The number of benzene rings is 2. The maximum Gasteiger partial charge on any atom is 0.316 e. The Kier molecular flexibility index (Phi) is 7.88. The van der Waals surface area contributed by atoms with Crippen molar-refractivity contribution in [2.45, 2.75) is 76.4 Å². The van der Waals surface area contributed by atoms with E-state index in [9.17, 15) is 35.1 Å². The highest BCUT2D eigenvalue weighted by Crippen LogP contribution is 2.46. The van der Waals surface area contributed by atoms with Gasteiger partial charge in [0, 0.05) is 0 Å². The molecule has 0 aliphatic heterocycles. The van der Waals surface area contributed by atoms with Gasteiger partial charge in [-0.2, -0.15) is 17.6 Å². The topological polar surface area (TPSA) is 9.23 Å². The van der Waals surface area contributed by atoms with Crippen LogP contribution in [0.1, 0.15) is 49.9 Å². The lowest BCUT2D eigenvalue weighted by Gasteiger charge is -2.36. The number of ether oxygens (including phenoxy) is 1. The molecule has 0 radical (unpaired) electrons. The highest BCUT2D eigenvalue weighted by molar-refractivity contribution is 5.37. The van der Waals surface area contributed by atoms with Gasteiger partial charge in [0.05, 0.1) is 24.0 Å². The molecule has 0 saturated heterocycles. The van der Waals surface area contributed by atoms with Crippen LogP contribution in [0.4, 0.5) is 35.1 Å². The highest BCUT2D eigenvalue weighted by Gasteiger charge is 2.56. The van der Waals surface area contributed by atoms with Crippen molar-refractivity contribution in [2.75, 3.05) is 0 Å². The summed E-state index contributed by atoms with van der Waals surface area (Å²) in [5, 5.41) is 0. The van der Waals surface area contributed by atoms with Gasteiger partial charge in [0.2, 0.25) is 0 Å². The predicted molar refractivity (Wildman–Crippen MR) is 109 cm³/mol. The first kappa shape index (κ1) is 27.1. The summed E-state index contributed by atoms with van der Waals surface area (Å²) in [5.74, 6) is -8.64. The largest absolute Gasteiger partial charge is 0.372 e. The molecule has 0 aromatic heterocycles. The minimum atomic E-state index is -4.32. The molecule has 2 aromatic carbocycles. The number of rotatable bonds is 10. The van der Waals surface area contributed by atoms with Gasteiger partial charge in [-0.25, -0.2) is 17.6 Å². The third-order valence-electron chi connectivity index (χ3n) is 6.11. The fourth-order valence-corrected chi connectivity index (χ4v) is 3.69. The molecule has 1 nitrogen and oxygen atoms in total. The second-order valence-corrected chi connectivity index (χ2v) is 8.90. The zero-order chi connectivity index (χ0) is 25.2. The summed E-state index contributed by atoms with van der Waals surface area (Å²) in [6.45, 7) is 3.45. The molecular weight excluding hydrogens is 456 g/mol. The van der Waals surface area contributed by atoms with Gasteiger partial charge in [-0.3, -0.25) is 0 Å². The van der Waals surface area contributed by atoms with Gasteiger partial charge in [-0.15, -0.1) is 0 Å². The predicted octanol–water partition coefficient (Wildman–Crippen LogP) is 7.76. The van der Waals surface area contributed by atoms with Gasteiger partial charge >= 0.3 is 24.7 Å². The molecule has 2 rings (SSSR count). The number of halogens is 8. The van der Waals surface area contributed by atoms with Gasteiger partial charge in [-0.1, -0.05) is 48.5 Å². The maximum atomic E-state index is 14.2. The smallest absolute Gasteiger partial charge is 0.316 e. The Bertz CT molecular complexity index is 862. The first-order valence-electron chi connectivity index (χ1n) is 10.1. The van der Waals surface area contributed by atoms with Crippen molar-refractivity contribution < 1.29 is 39.9 Å². The van der Waals surface area contributed by atoms with Crippen LogP contribution < -0.4 is 0 Å². The number of hydrogen-bond donors (Lipinski definition) is 0. The van der Waals surface area contributed by atoms with Crippen LogP contribution in [0.3, 0.4) is 0 Å². The van der Waals surface area contributed by atoms with Crippen molar-refractivity contribution in [3.8, 4) is 0 Å². The van der Waals surface area contributed by atoms with Crippen LogP contribution in [0.15, 0.2) is 48.5 Å². The van der Waals surface area contributed by atoms with Crippen LogP contribution in [0.2, 0.25) is 0 Å². The molecule has 2 aromatic rings. The van der Waals surface area contributed by atoms with E-state index < -0.39 is 35.5 Å². The lowest BCUT2D eigenvalue weighted by molar-refractivity contribution is -0.170. The Morgan fingerprint density at radius 3 is 1.21 bits per heavy atom. The van der Waals surface area contributed by atoms with Gasteiger partial charge in [-0.05, 0) is 49.9 Å². The van der Waals surface area contributed by atoms with Gasteiger partial charge in [0.1, 0.15) is 0 Å². The average Bonchev–Trinajstić information content (AvgIpc) is 2.73. The molecule has 0 aliphatic carbocycles. The van der Waals surface area contributed by atoms with E-state index in [0.29, 0.717) is 0 Å². The van der Waals surface area contributed by atoms with Crippen molar-refractivity contribution in [3.63, 3.8) is 0 Å². The fourth-order valence-electron chi connectivity index (χ4n) is 3.69. The van der Waals surface area contributed by atoms with E-state index in [1.54, 1.807) is 0 Å². The Hall–Kier alpha value is -2.16. The maximum absolute atomic E-state index is 14.2. The first-order valence-corrected chi connectivity index (χ1v) is 10.1. The van der Waals surface area contributed by atoms with E-state index in [1.165, 1.54) is 48.5 Å². The molecule has 0 saturated carbocycles. The van der Waals surface area contributed by atoms with Crippen molar-refractivity contribution in [3.05, 3.63) is 70.8 Å². The molecule has 9 heteroatoms. The second-order valence-electron chi connectivity index (χ2n) is 8.90. The SMILES string of the molecule is CC(C)(c1ccccc1COCc1ccccc1C(C)(C)C(F)(F)C(F)F)C(F)(F)C(F)F. The zero-order valence-corrected chi connectivity index (χ0v) is 18.6. The Labute approximate surface area is 187 Å². The summed E-state index contributed by atoms with van der Waals surface area (Å²) >= 11 is 0. The standard InChI is InChI=1S/C24H26F8O/c1-21(2,23(29,30)19(25)26)17-11-7-5-9-15(17)13-33-14-16-10-6-8-12-18(16)22(3,4)24(31,32)20(27)28/h5-12,19-20H,13-14H2,1-4H3. The van der Waals surface area contributed by atoms with E-state index in [4.69, 9.17) is 4.74 Å². The Balaban J connectivity index is 2.30. The molecule has 0 unspecified atom stereocenters. The van der Waals surface area contributed by atoms with Crippen molar-refractivity contribution >= 4 is 0 Å². The van der Waals surface area contributed by atoms with E-state index in [-0.39, 0.29) is 35.5 Å². The second kappa shape index (κ2) is 9.60. The van der Waals surface area contributed by atoms with Gasteiger partial charge in [0.25, 0.3) is 0 Å². The Morgan fingerprint density at radius 1 is 0.606 bits per heavy atom. The molecule has 184 valence electrons. The molecular formula is C24H26F8O. The van der Waals surface area contributed by atoms with Crippen LogP contribution in [0, 0.1) is 0 Å². The lowest BCUT2D eigenvalue weighted by atomic mass is 9.76. The van der Waals surface area contributed by atoms with E-state index >= 15 is 0 Å².